The zero-order valence-corrected chi connectivity index (χ0v) is 10.7. The second-order valence-electron chi connectivity index (χ2n) is 3.85. The highest BCUT2D eigenvalue weighted by atomic mass is 127. The summed E-state index contributed by atoms with van der Waals surface area (Å²) in [7, 11) is 0. The Morgan fingerprint density at radius 2 is 2.07 bits per heavy atom. The zero-order valence-electron chi connectivity index (χ0n) is 8.53. The summed E-state index contributed by atoms with van der Waals surface area (Å²) in [4.78, 5) is 13.7. The zero-order chi connectivity index (χ0) is 10.7. The van der Waals surface area contributed by atoms with Gasteiger partial charge in [0, 0.05) is 23.4 Å². The number of hydrogen-bond donors (Lipinski definition) is 0. The van der Waals surface area contributed by atoms with Gasteiger partial charge in [-0.05, 0) is 12.0 Å². The Kier molecular flexibility index (Phi) is 3.61. The van der Waals surface area contributed by atoms with Crippen LogP contribution < -0.4 is 0 Å². The van der Waals surface area contributed by atoms with E-state index in [1.54, 1.807) is 0 Å². The summed E-state index contributed by atoms with van der Waals surface area (Å²) < 4.78 is 1.04. The predicted molar refractivity (Wildman–Crippen MR) is 68.9 cm³/mol. The summed E-state index contributed by atoms with van der Waals surface area (Å²) in [5, 5.41) is 0. The number of amides is 1. The molecule has 0 N–H and O–H groups in total. The van der Waals surface area contributed by atoms with Gasteiger partial charge in [-0.15, -0.1) is 0 Å². The molecule has 1 atom stereocenters. The highest BCUT2D eigenvalue weighted by Crippen LogP contribution is 2.22. The topological polar surface area (TPSA) is 20.3 Å². The standard InChI is InChI=1S/C12H14INO/c13-8-11-6-7-12(15)14(11)9-10-4-2-1-3-5-10/h1-5,11H,6-9H2/t11-/m0/s1. The minimum absolute atomic E-state index is 0.306. The van der Waals surface area contributed by atoms with Crippen molar-refractivity contribution in [1.29, 1.82) is 0 Å². The number of carbonyl (C=O) groups excluding carboxylic acids is 1. The lowest BCUT2D eigenvalue weighted by molar-refractivity contribution is -0.129. The van der Waals surface area contributed by atoms with E-state index < -0.39 is 0 Å². The van der Waals surface area contributed by atoms with E-state index >= 15 is 0 Å². The molecule has 80 valence electrons. The van der Waals surface area contributed by atoms with Crippen LogP contribution in [0, 0.1) is 0 Å². The van der Waals surface area contributed by atoms with Crippen molar-refractivity contribution >= 4 is 28.5 Å². The Hall–Kier alpha value is -0.580. The van der Waals surface area contributed by atoms with Gasteiger partial charge < -0.3 is 4.90 Å². The van der Waals surface area contributed by atoms with Gasteiger partial charge >= 0.3 is 0 Å². The van der Waals surface area contributed by atoms with Gasteiger partial charge in [0.1, 0.15) is 0 Å². The van der Waals surface area contributed by atoms with Gasteiger partial charge in [0.25, 0.3) is 0 Å². The number of hydrogen-bond acceptors (Lipinski definition) is 1. The smallest absolute Gasteiger partial charge is 0.223 e. The molecule has 0 saturated carbocycles. The van der Waals surface area contributed by atoms with Crippen molar-refractivity contribution in [2.24, 2.45) is 0 Å². The Morgan fingerprint density at radius 1 is 1.33 bits per heavy atom. The summed E-state index contributed by atoms with van der Waals surface area (Å²) in [6.07, 6.45) is 1.75. The Morgan fingerprint density at radius 3 is 2.73 bits per heavy atom. The summed E-state index contributed by atoms with van der Waals surface area (Å²) in [5.74, 6) is 0.306. The molecule has 1 aromatic carbocycles. The second kappa shape index (κ2) is 4.96. The van der Waals surface area contributed by atoms with Crippen molar-refractivity contribution in [1.82, 2.24) is 4.90 Å². The first-order chi connectivity index (χ1) is 7.31. The van der Waals surface area contributed by atoms with Crippen molar-refractivity contribution in [2.45, 2.75) is 25.4 Å². The molecule has 1 amide bonds. The summed E-state index contributed by atoms with van der Waals surface area (Å²) in [6, 6.07) is 10.7. The normalized spacial score (nSPS) is 21.0. The molecule has 0 aliphatic carbocycles. The van der Waals surface area contributed by atoms with Gasteiger partial charge in [-0.1, -0.05) is 52.9 Å². The Bertz CT molecular complexity index is 339. The van der Waals surface area contributed by atoms with E-state index in [1.807, 2.05) is 23.1 Å². The summed E-state index contributed by atoms with van der Waals surface area (Å²) >= 11 is 2.36. The van der Waals surface area contributed by atoms with Crippen LogP contribution in [0.2, 0.25) is 0 Å². The SMILES string of the molecule is O=C1CC[C@@H](CI)N1Cc1ccccc1. The molecular weight excluding hydrogens is 301 g/mol. The minimum Gasteiger partial charge on any atom is -0.335 e. The van der Waals surface area contributed by atoms with E-state index in [-0.39, 0.29) is 0 Å². The van der Waals surface area contributed by atoms with Crippen LogP contribution >= 0.6 is 22.6 Å². The minimum atomic E-state index is 0.306. The molecule has 1 fully saturated rings. The molecular formula is C12H14INO. The van der Waals surface area contributed by atoms with Crippen LogP contribution in [0.3, 0.4) is 0 Å². The van der Waals surface area contributed by atoms with Crippen LogP contribution in [0.1, 0.15) is 18.4 Å². The van der Waals surface area contributed by atoms with Crippen LogP contribution in [0.5, 0.6) is 0 Å². The molecule has 2 rings (SSSR count). The Labute approximate surface area is 104 Å². The molecule has 2 nitrogen and oxygen atoms in total. The van der Waals surface area contributed by atoms with Gasteiger partial charge in [-0.3, -0.25) is 4.79 Å². The molecule has 1 saturated heterocycles. The van der Waals surface area contributed by atoms with E-state index in [0.29, 0.717) is 11.9 Å². The molecule has 0 bridgehead atoms. The number of alkyl halides is 1. The van der Waals surface area contributed by atoms with E-state index in [9.17, 15) is 4.79 Å². The van der Waals surface area contributed by atoms with E-state index in [0.717, 1.165) is 23.8 Å². The maximum atomic E-state index is 11.7. The lowest BCUT2D eigenvalue weighted by Gasteiger charge is -2.23. The van der Waals surface area contributed by atoms with Crippen molar-refractivity contribution in [3.8, 4) is 0 Å². The lowest BCUT2D eigenvalue weighted by Crippen LogP contribution is -2.33. The molecule has 15 heavy (non-hydrogen) atoms. The van der Waals surface area contributed by atoms with Crippen LogP contribution in [-0.4, -0.2) is 21.3 Å². The third-order valence-corrected chi connectivity index (χ3v) is 3.84. The fraction of sp³-hybridized carbons (Fsp3) is 0.417. The maximum Gasteiger partial charge on any atom is 0.223 e. The van der Waals surface area contributed by atoms with Crippen molar-refractivity contribution in [3.05, 3.63) is 35.9 Å². The fourth-order valence-electron chi connectivity index (χ4n) is 1.95. The van der Waals surface area contributed by atoms with Gasteiger partial charge in [0.05, 0.1) is 0 Å². The molecule has 3 heteroatoms. The number of carbonyl (C=O) groups is 1. The average Bonchev–Trinajstić information content (AvgIpc) is 2.62. The van der Waals surface area contributed by atoms with Crippen LogP contribution in [0.25, 0.3) is 0 Å². The number of halogens is 1. The molecule has 1 aliphatic heterocycles. The van der Waals surface area contributed by atoms with Gasteiger partial charge in [0.2, 0.25) is 5.91 Å². The van der Waals surface area contributed by atoms with Gasteiger partial charge in [-0.25, -0.2) is 0 Å². The maximum absolute atomic E-state index is 11.7. The first-order valence-corrected chi connectivity index (χ1v) is 6.73. The molecule has 0 aromatic heterocycles. The number of nitrogens with zero attached hydrogens (tertiary/aromatic N) is 1. The molecule has 1 heterocycles. The van der Waals surface area contributed by atoms with Crippen LogP contribution in [0.15, 0.2) is 30.3 Å². The lowest BCUT2D eigenvalue weighted by atomic mass is 10.2. The van der Waals surface area contributed by atoms with Crippen molar-refractivity contribution < 1.29 is 4.79 Å². The van der Waals surface area contributed by atoms with Crippen molar-refractivity contribution in [3.63, 3.8) is 0 Å². The van der Waals surface area contributed by atoms with Crippen LogP contribution in [-0.2, 0) is 11.3 Å². The number of rotatable bonds is 3. The predicted octanol–water partition coefficient (Wildman–Crippen LogP) is 2.61. The van der Waals surface area contributed by atoms with Crippen LogP contribution in [0.4, 0.5) is 0 Å². The third-order valence-electron chi connectivity index (χ3n) is 2.83. The van der Waals surface area contributed by atoms with E-state index in [4.69, 9.17) is 0 Å². The van der Waals surface area contributed by atoms with E-state index in [1.165, 1.54) is 5.56 Å². The summed E-state index contributed by atoms with van der Waals surface area (Å²) in [5.41, 5.74) is 1.22. The monoisotopic (exact) mass is 315 g/mol. The number of benzene rings is 1. The molecule has 0 spiro atoms. The Balaban J connectivity index is 2.07. The quantitative estimate of drug-likeness (QED) is 0.620. The molecule has 0 radical (unpaired) electrons. The highest BCUT2D eigenvalue weighted by molar-refractivity contribution is 14.1. The highest BCUT2D eigenvalue weighted by Gasteiger charge is 2.29. The van der Waals surface area contributed by atoms with Gasteiger partial charge in [0.15, 0.2) is 0 Å². The second-order valence-corrected chi connectivity index (χ2v) is 4.73. The first kappa shape index (κ1) is 10.9. The largest absolute Gasteiger partial charge is 0.335 e. The average molecular weight is 315 g/mol. The molecule has 0 unspecified atom stereocenters. The molecule has 1 aliphatic rings. The fourth-order valence-corrected chi connectivity index (χ4v) is 2.87. The van der Waals surface area contributed by atoms with E-state index in [2.05, 4.69) is 34.7 Å². The van der Waals surface area contributed by atoms with Gasteiger partial charge in [-0.2, -0.15) is 0 Å². The number of likely N-dealkylation sites (tertiary alicyclic amines) is 1. The van der Waals surface area contributed by atoms with Crippen molar-refractivity contribution in [2.75, 3.05) is 4.43 Å². The summed E-state index contributed by atoms with van der Waals surface area (Å²) in [6.45, 7) is 0.771. The first-order valence-electron chi connectivity index (χ1n) is 5.20. The molecule has 1 aromatic rings. The third kappa shape index (κ3) is 2.51.